The van der Waals surface area contributed by atoms with Gasteiger partial charge in [0.2, 0.25) is 0 Å². The molecule has 0 unspecified atom stereocenters. The highest BCUT2D eigenvalue weighted by atomic mass is 16.3. The summed E-state index contributed by atoms with van der Waals surface area (Å²) in [7, 11) is 2.25. The maximum atomic E-state index is 5.64. The molecule has 0 saturated heterocycles. The van der Waals surface area contributed by atoms with Crippen LogP contribution in [0.3, 0.4) is 0 Å². The van der Waals surface area contributed by atoms with Gasteiger partial charge in [-0.15, -0.1) is 0 Å². The van der Waals surface area contributed by atoms with Gasteiger partial charge in [-0.25, -0.2) is 4.98 Å². The van der Waals surface area contributed by atoms with E-state index >= 15 is 0 Å². The Balaban J connectivity index is 1.71. The lowest BCUT2D eigenvalue weighted by Crippen LogP contribution is -2.32. The van der Waals surface area contributed by atoms with Crippen LogP contribution in [0.5, 0.6) is 0 Å². The zero-order valence-corrected chi connectivity index (χ0v) is 13.6. The molecule has 0 aromatic carbocycles. The maximum absolute atomic E-state index is 5.64. The normalized spacial score (nSPS) is 16.4. The van der Waals surface area contributed by atoms with Crippen LogP contribution in [0.4, 0.5) is 0 Å². The van der Waals surface area contributed by atoms with Crippen molar-refractivity contribution in [3.63, 3.8) is 0 Å². The van der Waals surface area contributed by atoms with Crippen molar-refractivity contribution in [3.05, 3.63) is 42.3 Å². The lowest BCUT2D eigenvalue weighted by Gasteiger charge is -2.31. The summed E-state index contributed by atoms with van der Waals surface area (Å²) in [6, 6.07) is 8.79. The lowest BCUT2D eigenvalue weighted by atomic mass is 9.94. The molecule has 0 spiro atoms. The van der Waals surface area contributed by atoms with Crippen molar-refractivity contribution in [2.45, 2.75) is 44.7 Å². The molecule has 4 rings (SSSR count). The van der Waals surface area contributed by atoms with Gasteiger partial charge in [0.1, 0.15) is 11.4 Å². The number of fused-ring (bicyclic) bond motifs is 1. The number of aromatic nitrogens is 2. The first-order valence-corrected chi connectivity index (χ1v) is 8.52. The molecule has 0 aliphatic heterocycles. The van der Waals surface area contributed by atoms with Crippen LogP contribution in [0.15, 0.2) is 41.1 Å². The van der Waals surface area contributed by atoms with Crippen molar-refractivity contribution in [2.24, 2.45) is 0 Å². The summed E-state index contributed by atoms with van der Waals surface area (Å²) in [5.41, 5.74) is 3.29. The van der Waals surface area contributed by atoms with Crippen LogP contribution in [0.25, 0.3) is 22.5 Å². The average Bonchev–Trinajstić information content (AvgIpc) is 3.24. The lowest BCUT2D eigenvalue weighted by molar-refractivity contribution is 0.185. The molecule has 1 aliphatic carbocycles. The number of nitrogens with one attached hydrogen (secondary N) is 1. The predicted molar refractivity (Wildman–Crippen MR) is 92.1 cm³/mol. The third-order valence-electron chi connectivity index (χ3n) is 5.05. The topological polar surface area (TPSA) is 45.1 Å². The fourth-order valence-corrected chi connectivity index (χ4v) is 3.77. The second kappa shape index (κ2) is 6.20. The van der Waals surface area contributed by atoms with Crippen LogP contribution in [0.2, 0.25) is 0 Å². The van der Waals surface area contributed by atoms with Crippen LogP contribution in [-0.4, -0.2) is 28.0 Å². The van der Waals surface area contributed by atoms with Gasteiger partial charge in [0, 0.05) is 29.7 Å². The van der Waals surface area contributed by atoms with Gasteiger partial charge >= 0.3 is 0 Å². The summed E-state index contributed by atoms with van der Waals surface area (Å²) in [6.07, 6.45) is 10.3. The molecule has 4 heteroatoms. The van der Waals surface area contributed by atoms with Gasteiger partial charge in [0.05, 0.1) is 12.0 Å². The fourth-order valence-electron chi connectivity index (χ4n) is 3.77. The minimum atomic E-state index is 0.690. The van der Waals surface area contributed by atoms with Gasteiger partial charge < -0.3 is 9.40 Å². The standard InChI is InChI=1S/C19H23N3O/c1-22(14-7-3-2-4-8-14)13-16-15-9-5-11-20-19(15)21-18(16)17-10-6-12-23-17/h5-6,9-12,14H,2-4,7-8,13H2,1H3,(H,20,21). The van der Waals surface area contributed by atoms with E-state index in [1.807, 2.05) is 24.4 Å². The molecule has 3 aromatic heterocycles. The summed E-state index contributed by atoms with van der Waals surface area (Å²) in [5, 5.41) is 1.20. The van der Waals surface area contributed by atoms with E-state index in [4.69, 9.17) is 4.42 Å². The van der Waals surface area contributed by atoms with Gasteiger partial charge in [0.25, 0.3) is 0 Å². The van der Waals surface area contributed by atoms with Crippen LogP contribution < -0.4 is 0 Å². The molecule has 3 heterocycles. The number of hydrogen-bond donors (Lipinski definition) is 1. The highest BCUT2D eigenvalue weighted by molar-refractivity contribution is 5.87. The Kier molecular flexibility index (Phi) is 3.92. The van der Waals surface area contributed by atoms with Crippen molar-refractivity contribution in [3.8, 4) is 11.5 Å². The Morgan fingerprint density at radius 1 is 1.22 bits per heavy atom. The van der Waals surface area contributed by atoms with E-state index in [2.05, 4.69) is 28.0 Å². The Hall–Kier alpha value is -2.07. The summed E-state index contributed by atoms with van der Waals surface area (Å²) >= 11 is 0. The van der Waals surface area contributed by atoms with E-state index < -0.39 is 0 Å². The molecule has 1 aliphatic rings. The molecular weight excluding hydrogens is 286 g/mol. The Bertz CT molecular complexity index is 769. The van der Waals surface area contributed by atoms with Gasteiger partial charge in [0.15, 0.2) is 0 Å². The molecule has 1 saturated carbocycles. The van der Waals surface area contributed by atoms with Crippen LogP contribution in [-0.2, 0) is 6.54 Å². The van der Waals surface area contributed by atoms with Gasteiger partial charge in [-0.05, 0) is 44.2 Å². The van der Waals surface area contributed by atoms with Crippen molar-refractivity contribution in [1.82, 2.24) is 14.9 Å². The van der Waals surface area contributed by atoms with Crippen molar-refractivity contribution in [1.29, 1.82) is 0 Å². The first-order chi connectivity index (χ1) is 11.3. The number of hydrogen-bond acceptors (Lipinski definition) is 3. The van der Waals surface area contributed by atoms with Crippen LogP contribution >= 0.6 is 0 Å². The summed E-state index contributed by atoms with van der Waals surface area (Å²) in [6.45, 7) is 0.923. The second-order valence-corrected chi connectivity index (χ2v) is 6.56. The minimum absolute atomic E-state index is 0.690. The second-order valence-electron chi connectivity index (χ2n) is 6.56. The highest BCUT2D eigenvalue weighted by Crippen LogP contribution is 2.32. The van der Waals surface area contributed by atoms with E-state index in [0.717, 1.165) is 23.6 Å². The zero-order chi connectivity index (χ0) is 15.6. The molecule has 120 valence electrons. The van der Waals surface area contributed by atoms with Crippen molar-refractivity contribution >= 4 is 11.0 Å². The third-order valence-corrected chi connectivity index (χ3v) is 5.05. The molecule has 0 atom stereocenters. The Morgan fingerprint density at radius 3 is 2.87 bits per heavy atom. The summed E-state index contributed by atoms with van der Waals surface area (Å²) < 4.78 is 5.64. The maximum Gasteiger partial charge on any atom is 0.150 e. The molecule has 23 heavy (non-hydrogen) atoms. The van der Waals surface area contributed by atoms with Gasteiger partial charge in [-0.2, -0.15) is 0 Å². The predicted octanol–water partition coefficient (Wildman–Crippen LogP) is 4.59. The van der Waals surface area contributed by atoms with E-state index in [1.54, 1.807) is 6.26 Å². The molecule has 1 N–H and O–H groups in total. The minimum Gasteiger partial charge on any atom is -0.463 e. The number of aromatic amines is 1. The van der Waals surface area contributed by atoms with Crippen LogP contribution in [0, 0.1) is 0 Å². The van der Waals surface area contributed by atoms with E-state index in [-0.39, 0.29) is 0 Å². The molecule has 0 amide bonds. The Morgan fingerprint density at radius 2 is 2.09 bits per heavy atom. The number of pyridine rings is 1. The summed E-state index contributed by atoms with van der Waals surface area (Å²) in [4.78, 5) is 10.4. The Labute approximate surface area is 136 Å². The number of H-pyrrole nitrogens is 1. The highest BCUT2D eigenvalue weighted by Gasteiger charge is 2.22. The first kappa shape index (κ1) is 14.5. The van der Waals surface area contributed by atoms with E-state index in [9.17, 15) is 0 Å². The third kappa shape index (κ3) is 2.79. The monoisotopic (exact) mass is 309 g/mol. The zero-order valence-electron chi connectivity index (χ0n) is 13.6. The molecular formula is C19H23N3O. The molecule has 4 nitrogen and oxygen atoms in total. The average molecular weight is 309 g/mol. The number of rotatable bonds is 4. The van der Waals surface area contributed by atoms with Crippen molar-refractivity contribution in [2.75, 3.05) is 7.05 Å². The molecule has 1 fully saturated rings. The molecule has 0 radical (unpaired) electrons. The summed E-state index contributed by atoms with van der Waals surface area (Å²) in [5.74, 6) is 0.884. The van der Waals surface area contributed by atoms with Gasteiger partial charge in [-0.3, -0.25) is 4.90 Å². The quantitative estimate of drug-likeness (QED) is 0.767. The smallest absolute Gasteiger partial charge is 0.150 e. The SMILES string of the molecule is CN(Cc1c(-c2ccco2)[nH]c2ncccc12)C1CCCCC1. The van der Waals surface area contributed by atoms with Crippen molar-refractivity contribution < 1.29 is 4.42 Å². The van der Waals surface area contributed by atoms with E-state index in [1.165, 1.54) is 43.1 Å². The first-order valence-electron chi connectivity index (χ1n) is 8.52. The van der Waals surface area contributed by atoms with Gasteiger partial charge in [-0.1, -0.05) is 19.3 Å². The number of nitrogens with zero attached hydrogens (tertiary/aromatic N) is 2. The molecule has 0 bridgehead atoms. The van der Waals surface area contributed by atoms with Crippen LogP contribution in [0.1, 0.15) is 37.7 Å². The molecule has 3 aromatic rings. The fraction of sp³-hybridized carbons (Fsp3) is 0.421. The van der Waals surface area contributed by atoms with E-state index in [0.29, 0.717) is 6.04 Å². The number of furan rings is 1. The largest absolute Gasteiger partial charge is 0.463 e.